The number of hydrogen-bond acceptors (Lipinski definition) is 4. The van der Waals surface area contributed by atoms with E-state index >= 15 is 0 Å². The quantitative estimate of drug-likeness (QED) is 0.858. The summed E-state index contributed by atoms with van der Waals surface area (Å²) in [6, 6.07) is 6.40. The zero-order valence-electron chi connectivity index (χ0n) is 9.60. The van der Waals surface area contributed by atoms with E-state index in [0.717, 1.165) is 30.5 Å². The van der Waals surface area contributed by atoms with Crippen LogP contribution in [0.4, 0.5) is 5.69 Å². The molecule has 2 unspecified atom stereocenters. The molecule has 2 N–H and O–H groups in total. The van der Waals surface area contributed by atoms with Gasteiger partial charge in [-0.1, -0.05) is 12.8 Å². The van der Waals surface area contributed by atoms with Crippen LogP contribution in [0.5, 0.6) is 0 Å². The minimum atomic E-state index is -0.207. The van der Waals surface area contributed by atoms with Gasteiger partial charge in [-0.2, -0.15) is 0 Å². The van der Waals surface area contributed by atoms with Crippen LogP contribution in [0, 0.1) is 0 Å². The average molecular weight is 248 g/mol. The van der Waals surface area contributed by atoms with Crippen molar-refractivity contribution in [1.82, 2.24) is 4.98 Å². The Morgan fingerprint density at radius 2 is 2.18 bits per heavy atom. The number of benzene rings is 1. The highest BCUT2D eigenvalue weighted by atomic mass is 32.1. The number of thiazole rings is 1. The summed E-state index contributed by atoms with van der Waals surface area (Å²) in [6.07, 6.45) is 4.12. The summed E-state index contributed by atoms with van der Waals surface area (Å²) in [5.41, 5.74) is 4.00. The van der Waals surface area contributed by atoms with Crippen LogP contribution in [-0.2, 0) is 0 Å². The van der Waals surface area contributed by atoms with E-state index < -0.39 is 0 Å². The molecule has 0 amide bonds. The molecular weight excluding hydrogens is 232 g/mol. The van der Waals surface area contributed by atoms with E-state index in [4.69, 9.17) is 0 Å². The van der Waals surface area contributed by atoms with Gasteiger partial charge in [0.05, 0.1) is 27.9 Å². The Balaban J connectivity index is 1.79. The van der Waals surface area contributed by atoms with Crippen molar-refractivity contribution < 1.29 is 5.11 Å². The summed E-state index contributed by atoms with van der Waals surface area (Å²) in [4.78, 5) is 4.26. The maximum Gasteiger partial charge on any atom is 0.0813 e. The first kappa shape index (κ1) is 11.0. The Morgan fingerprint density at radius 1 is 1.29 bits per heavy atom. The third kappa shape index (κ3) is 2.28. The lowest BCUT2D eigenvalue weighted by Gasteiger charge is -2.29. The summed E-state index contributed by atoms with van der Waals surface area (Å²) >= 11 is 1.65. The van der Waals surface area contributed by atoms with Crippen LogP contribution in [-0.4, -0.2) is 22.2 Å². The largest absolute Gasteiger partial charge is 0.391 e. The Kier molecular flexibility index (Phi) is 2.99. The molecule has 1 heterocycles. The fourth-order valence-corrected chi connectivity index (χ4v) is 3.15. The van der Waals surface area contributed by atoms with Crippen LogP contribution in [0.1, 0.15) is 25.7 Å². The molecule has 4 heteroatoms. The van der Waals surface area contributed by atoms with Gasteiger partial charge in [-0.15, -0.1) is 11.3 Å². The van der Waals surface area contributed by atoms with E-state index in [1.165, 1.54) is 11.1 Å². The second-order valence-electron chi connectivity index (χ2n) is 4.64. The van der Waals surface area contributed by atoms with Gasteiger partial charge in [0.15, 0.2) is 0 Å². The summed E-state index contributed by atoms with van der Waals surface area (Å²) in [5.74, 6) is 0. The van der Waals surface area contributed by atoms with E-state index in [2.05, 4.69) is 16.4 Å². The van der Waals surface area contributed by atoms with Crippen molar-refractivity contribution in [2.45, 2.75) is 37.8 Å². The second-order valence-corrected chi connectivity index (χ2v) is 5.52. The standard InChI is InChI=1S/C13H16N2OS/c16-12-4-2-1-3-10(12)15-9-5-6-11-13(7-9)17-8-14-11/h5-8,10,12,15-16H,1-4H2. The number of nitrogens with zero attached hydrogens (tertiary/aromatic N) is 1. The molecule has 0 spiro atoms. The zero-order chi connectivity index (χ0) is 11.7. The van der Waals surface area contributed by atoms with Crippen molar-refractivity contribution in [3.63, 3.8) is 0 Å². The number of rotatable bonds is 2. The highest BCUT2D eigenvalue weighted by Gasteiger charge is 2.22. The van der Waals surface area contributed by atoms with Gasteiger partial charge < -0.3 is 10.4 Å². The molecule has 0 saturated heterocycles. The number of aliphatic hydroxyl groups is 1. The van der Waals surface area contributed by atoms with Gasteiger partial charge in [0.25, 0.3) is 0 Å². The van der Waals surface area contributed by atoms with Crippen molar-refractivity contribution >= 4 is 27.2 Å². The average Bonchev–Trinajstić information content (AvgIpc) is 2.79. The van der Waals surface area contributed by atoms with E-state index in [9.17, 15) is 5.11 Å². The van der Waals surface area contributed by atoms with Crippen molar-refractivity contribution in [2.24, 2.45) is 0 Å². The van der Waals surface area contributed by atoms with Gasteiger partial charge in [-0.25, -0.2) is 4.98 Å². The smallest absolute Gasteiger partial charge is 0.0813 e. The number of hydrogen-bond donors (Lipinski definition) is 2. The fraction of sp³-hybridized carbons (Fsp3) is 0.462. The van der Waals surface area contributed by atoms with Crippen molar-refractivity contribution in [3.8, 4) is 0 Å². The van der Waals surface area contributed by atoms with E-state index in [-0.39, 0.29) is 12.1 Å². The maximum absolute atomic E-state index is 9.93. The molecule has 2 atom stereocenters. The topological polar surface area (TPSA) is 45.1 Å². The van der Waals surface area contributed by atoms with E-state index in [0.29, 0.717) is 0 Å². The number of fused-ring (bicyclic) bond motifs is 1. The molecule has 3 rings (SSSR count). The van der Waals surface area contributed by atoms with Crippen LogP contribution in [0.2, 0.25) is 0 Å². The molecule has 90 valence electrons. The fourth-order valence-electron chi connectivity index (χ4n) is 2.44. The van der Waals surface area contributed by atoms with E-state index in [1.807, 2.05) is 17.6 Å². The van der Waals surface area contributed by atoms with Crippen LogP contribution in [0.3, 0.4) is 0 Å². The number of anilines is 1. The Morgan fingerprint density at radius 3 is 3.06 bits per heavy atom. The first-order valence-corrected chi connectivity index (χ1v) is 6.99. The highest BCUT2D eigenvalue weighted by molar-refractivity contribution is 7.16. The SMILES string of the molecule is OC1CCCCC1Nc1ccc2ncsc2c1. The molecule has 0 bridgehead atoms. The van der Waals surface area contributed by atoms with Crippen LogP contribution >= 0.6 is 11.3 Å². The molecular formula is C13H16N2OS. The van der Waals surface area contributed by atoms with Crippen molar-refractivity contribution in [1.29, 1.82) is 0 Å². The Labute approximate surface area is 105 Å². The molecule has 1 aromatic carbocycles. The van der Waals surface area contributed by atoms with Crippen LogP contribution < -0.4 is 5.32 Å². The van der Waals surface area contributed by atoms with Crippen molar-refractivity contribution in [3.05, 3.63) is 23.7 Å². The molecule has 1 aliphatic rings. The van der Waals surface area contributed by atoms with Gasteiger partial charge in [0.2, 0.25) is 0 Å². The third-order valence-electron chi connectivity index (χ3n) is 3.41. The third-order valence-corrected chi connectivity index (χ3v) is 4.20. The normalized spacial score (nSPS) is 25.0. The first-order chi connectivity index (χ1) is 8.33. The molecule has 3 nitrogen and oxygen atoms in total. The van der Waals surface area contributed by atoms with E-state index in [1.54, 1.807) is 11.3 Å². The van der Waals surface area contributed by atoms with Gasteiger partial charge in [0.1, 0.15) is 0 Å². The molecule has 0 aliphatic heterocycles. The van der Waals surface area contributed by atoms with Gasteiger partial charge in [-0.3, -0.25) is 0 Å². The molecule has 2 aromatic rings. The Hall–Kier alpha value is -1.13. The second kappa shape index (κ2) is 4.63. The maximum atomic E-state index is 9.93. The number of nitrogens with one attached hydrogen (secondary N) is 1. The minimum absolute atomic E-state index is 0.203. The summed E-state index contributed by atoms with van der Waals surface area (Å²) in [6.45, 7) is 0. The Bertz CT molecular complexity index is 511. The predicted octanol–water partition coefficient (Wildman–Crippen LogP) is 3.01. The lowest BCUT2D eigenvalue weighted by Crippen LogP contribution is -2.36. The molecule has 1 aromatic heterocycles. The summed E-state index contributed by atoms with van der Waals surface area (Å²) in [5, 5.41) is 13.4. The summed E-state index contributed by atoms with van der Waals surface area (Å²) in [7, 11) is 0. The zero-order valence-corrected chi connectivity index (χ0v) is 10.4. The molecule has 1 fully saturated rings. The van der Waals surface area contributed by atoms with Crippen LogP contribution in [0.15, 0.2) is 23.7 Å². The van der Waals surface area contributed by atoms with Gasteiger partial charge in [-0.05, 0) is 31.0 Å². The number of aliphatic hydroxyl groups excluding tert-OH is 1. The highest BCUT2D eigenvalue weighted by Crippen LogP contribution is 2.25. The molecule has 1 aliphatic carbocycles. The number of aromatic nitrogens is 1. The van der Waals surface area contributed by atoms with Crippen molar-refractivity contribution in [2.75, 3.05) is 5.32 Å². The lowest BCUT2D eigenvalue weighted by molar-refractivity contribution is 0.116. The lowest BCUT2D eigenvalue weighted by atomic mass is 9.92. The predicted molar refractivity (Wildman–Crippen MR) is 71.5 cm³/mol. The molecule has 1 saturated carbocycles. The van der Waals surface area contributed by atoms with Crippen LogP contribution in [0.25, 0.3) is 10.2 Å². The molecule has 0 radical (unpaired) electrons. The monoisotopic (exact) mass is 248 g/mol. The summed E-state index contributed by atoms with van der Waals surface area (Å²) < 4.78 is 1.19. The first-order valence-electron chi connectivity index (χ1n) is 6.11. The molecule has 17 heavy (non-hydrogen) atoms. The minimum Gasteiger partial charge on any atom is -0.391 e. The van der Waals surface area contributed by atoms with Gasteiger partial charge in [0, 0.05) is 5.69 Å². The van der Waals surface area contributed by atoms with Gasteiger partial charge >= 0.3 is 0 Å².